The van der Waals surface area contributed by atoms with Crippen molar-refractivity contribution in [1.82, 2.24) is 15.1 Å². The lowest BCUT2D eigenvalue weighted by Crippen LogP contribution is -2.44. The number of fused-ring (bicyclic) bond motifs is 2. The molecule has 3 heterocycles. The summed E-state index contributed by atoms with van der Waals surface area (Å²) < 4.78 is 0. The Kier molecular flexibility index (Phi) is 5.75. The number of nitrogens with zero attached hydrogens (tertiary/aromatic N) is 3. The number of halogens is 2. The molecule has 2 fully saturated rings. The third kappa shape index (κ3) is 3.48. The predicted octanol–water partition coefficient (Wildman–Crippen LogP) is 6.01. The Hall–Kier alpha value is -1.46. The molecule has 0 aliphatic carbocycles. The van der Waals surface area contributed by atoms with Crippen LogP contribution < -0.4 is 0 Å². The fourth-order valence-corrected chi connectivity index (χ4v) is 6.12. The molecule has 4 atom stereocenters. The van der Waals surface area contributed by atoms with Crippen molar-refractivity contribution in [2.24, 2.45) is 0 Å². The first kappa shape index (κ1) is 19.8. The second-order valence-electron chi connectivity index (χ2n) is 7.69. The zero-order valence-corrected chi connectivity index (χ0v) is 18.1. The number of benzene rings is 2. The maximum Gasteiger partial charge on any atom is 0.147 e. The van der Waals surface area contributed by atoms with E-state index in [1.807, 2.05) is 18.2 Å². The van der Waals surface area contributed by atoms with Gasteiger partial charge in [-0.1, -0.05) is 65.4 Å². The summed E-state index contributed by atoms with van der Waals surface area (Å²) in [4.78, 5) is 2.58. The first-order valence-corrected chi connectivity index (χ1v) is 10.8. The van der Waals surface area contributed by atoms with E-state index in [1.165, 1.54) is 29.8 Å². The normalized spacial score (nSPS) is 26.8. The fourth-order valence-electron chi connectivity index (χ4n) is 4.92. The molecule has 6 heteroatoms. The van der Waals surface area contributed by atoms with Crippen molar-refractivity contribution in [3.05, 3.63) is 70.2 Å². The molecule has 2 unspecified atom stereocenters. The highest BCUT2D eigenvalue weighted by atomic mass is 35.5. The Morgan fingerprint density at radius 1 is 1.00 bits per heavy atom. The van der Waals surface area contributed by atoms with E-state index in [4.69, 9.17) is 11.6 Å². The van der Waals surface area contributed by atoms with Gasteiger partial charge in [0.25, 0.3) is 0 Å². The van der Waals surface area contributed by atoms with Crippen molar-refractivity contribution in [2.45, 2.75) is 43.2 Å². The Morgan fingerprint density at radius 2 is 1.75 bits per heavy atom. The van der Waals surface area contributed by atoms with Crippen LogP contribution in [0.3, 0.4) is 0 Å². The van der Waals surface area contributed by atoms with E-state index in [2.05, 4.69) is 58.5 Å². The molecule has 0 saturated carbocycles. The number of hydrogen-bond acceptors (Lipinski definition) is 4. The lowest BCUT2D eigenvalue weighted by molar-refractivity contribution is 0.137. The van der Waals surface area contributed by atoms with Crippen molar-refractivity contribution < 1.29 is 0 Å². The lowest BCUT2D eigenvalue weighted by atomic mass is 9.76. The van der Waals surface area contributed by atoms with Crippen molar-refractivity contribution in [2.75, 3.05) is 7.05 Å². The summed E-state index contributed by atoms with van der Waals surface area (Å²) in [7, 11) is 2.28. The minimum atomic E-state index is 0. The minimum Gasteiger partial charge on any atom is -0.300 e. The molecule has 0 spiro atoms. The van der Waals surface area contributed by atoms with Crippen LogP contribution in [-0.2, 0) is 0 Å². The van der Waals surface area contributed by atoms with Gasteiger partial charge in [0.1, 0.15) is 10.0 Å². The average molecular weight is 432 g/mol. The van der Waals surface area contributed by atoms with Gasteiger partial charge in [-0.25, -0.2) is 0 Å². The van der Waals surface area contributed by atoms with Crippen LogP contribution in [0.2, 0.25) is 5.02 Å². The number of piperidine rings is 1. The Balaban J connectivity index is 0.00000192. The highest BCUT2D eigenvalue weighted by molar-refractivity contribution is 7.14. The molecule has 1 aromatic heterocycles. The maximum atomic E-state index is 6.14. The van der Waals surface area contributed by atoms with Crippen LogP contribution in [0.4, 0.5) is 0 Å². The van der Waals surface area contributed by atoms with Gasteiger partial charge in [-0.15, -0.1) is 22.6 Å². The second-order valence-corrected chi connectivity index (χ2v) is 9.14. The molecule has 146 valence electrons. The Bertz CT molecular complexity index is 928. The van der Waals surface area contributed by atoms with Crippen molar-refractivity contribution in [3.63, 3.8) is 0 Å². The van der Waals surface area contributed by atoms with Crippen molar-refractivity contribution >= 4 is 35.3 Å². The average Bonchev–Trinajstić information content (AvgIpc) is 3.26. The minimum absolute atomic E-state index is 0. The molecule has 0 radical (unpaired) electrons. The first-order chi connectivity index (χ1) is 13.2. The van der Waals surface area contributed by atoms with E-state index in [0.29, 0.717) is 23.9 Å². The van der Waals surface area contributed by atoms with Gasteiger partial charge in [-0.2, -0.15) is 0 Å². The van der Waals surface area contributed by atoms with Crippen LogP contribution in [0.1, 0.15) is 41.7 Å². The molecule has 28 heavy (non-hydrogen) atoms. The fraction of sp³-hybridized carbons (Fsp3) is 0.364. The topological polar surface area (TPSA) is 29.0 Å². The molecule has 0 amide bonds. The molecule has 2 aromatic carbocycles. The second kappa shape index (κ2) is 8.11. The van der Waals surface area contributed by atoms with Crippen LogP contribution in [0.15, 0.2) is 54.6 Å². The van der Waals surface area contributed by atoms with Crippen LogP contribution in [0, 0.1) is 0 Å². The van der Waals surface area contributed by atoms with Crippen molar-refractivity contribution in [1.29, 1.82) is 0 Å². The molecular formula is C22H23Cl2N3S. The van der Waals surface area contributed by atoms with Gasteiger partial charge < -0.3 is 0 Å². The van der Waals surface area contributed by atoms with Gasteiger partial charge in [0.05, 0.1) is 0 Å². The number of aromatic nitrogens is 2. The SMILES string of the molecule is CN1C2CCC1[C@@H](c1nnc(-c3ccccc3)s1)[C@@H](c1ccc(Cl)cc1)C2.Cl. The van der Waals surface area contributed by atoms with E-state index in [1.54, 1.807) is 11.3 Å². The summed E-state index contributed by atoms with van der Waals surface area (Å²) in [5.41, 5.74) is 2.53. The lowest BCUT2D eigenvalue weighted by Gasteiger charge is -2.42. The van der Waals surface area contributed by atoms with Crippen LogP contribution in [0.5, 0.6) is 0 Å². The molecule has 5 rings (SSSR count). The summed E-state index contributed by atoms with van der Waals surface area (Å²) in [5.74, 6) is 0.873. The quantitative estimate of drug-likeness (QED) is 0.507. The standard InChI is InChI=1S/C22H22ClN3S.ClH/c1-26-17-11-12-19(26)20(18(13-17)14-7-9-16(23)10-8-14)22-25-24-21(27-22)15-5-3-2-4-6-15;/h2-10,17-20H,11-13H2,1H3;1H/t17?,18-,19?,20+;/m1./s1. The van der Waals surface area contributed by atoms with E-state index < -0.39 is 0 Å². The van der Waals surface area contributed by atoms with E-state index >= 15 is 0 Å². The summed E-state index contributed by atoms with van der Waals surface area (Å²) in [6.07, 6.45) is 3.71. The van der Waals surface area contributed by atoms with Gasteiger partial charge in [0.15, 0.2) is 0 Å². The van der Waals surface area contributed by atoms with E-state index in [9.17, 15) is 0 Å². The van der Waals surface area contributed by atoms with Crippen LogP contribution in [0.25, 0.3) is 10.6 Å². The summed E-state index contributed by atoms with van der Waals surface area (Å²) in [6.45, 7) is 0. The predicted molar refractivity (Wildman–Crippen MR) is 119 cm³/mol. The number of hydrogen-bond donors (Lipinski definition) is 0. The molecule has 2 saturated heterocycles. The molecular weight excluding hydrogens is 409 g/mol. The van der Waals surface area contributed by atoms with Gasteiger partial charge >= 0.3 is 0 Å². The number of rotatable bonds is 3. The Morgan fingerprint density at radius 3 is 2.50 bits per heavy atom. The molecule has 0 N–H and O–H groups in total. The van der Waals surface area contributed by atoms with Crippen LogP contribution in [-0.4, -0.2) is 34.2 Å². The molecule has 2 aliphatic heterocycles. The summed E-state index contributed by atoms with van der Waals surface area (Å²) in [5, 5.41) is 12.2. The molecule has 3 nitrogen and oxygen atoms in total. The summed E-state index contributed by atoms with van der Waals surface area (Å²) >= 11 is 7.90. The van der Waals surface area contributed by atoms with Gasteiger partial charge in [0, 0.05) is 28.6 Å². The largest absolute Gasteiger partial charge is 0.300 e. The van der Waals surface area contributed by atoms with Gasteiger partial charge in [-0.3, -0.25) is 4.90 Å². The number of likely N-dealkylation sites (N-methyl/N-ethyl adjacent to an activating group) is 1. The van der Waals surface area contributed by atoms with E-state index in [0.717, 1.165) is 15.6 Å². The summed E-state index contributed by atoms with van der Waals surface area (Å²) in [6, 6.07) is 20.0. The zero-order chi connectivity index (χ0) is 18.4. The van der Waals surface area contributed by atoms with Gasteiger partial charge in [-0.05, 0) is 49.9 Å². The van der Waals surface area contributed by atoms with Gasteiger partial charge in [0.2, 0.25) is 0 Å². The third-order valence-electron chi connectivity index (χ3n) is 6.31. The molecule has 3 aromatic rings. The van der Waals surface area contributed by atoms with Crippen molar-refractivity contribution in [3.8, 4) is 10.6 Å². The van der Waals surface area contributed by atoms with Crippen LogP contribution >= 0.6 is 35.3 Å². The smallest absolute Gasteiger partial charge is 0.147 e. The first-order valence-electron chi connectivity index (χ1n) is 9.57. The highest BCUT2D eigenvalue weighted by Crippen LogP contribution is 2.51. The Labute approximate surface area is 181 Å². The monoisotopic (exact) mass is 431 g/mol. The third-order valence-corrected chi connectivity index (χ3v) is 7.64. The zero-order valence-electron chi connectivity index (χ0n) is 15.7. The molecule has 2 aliphatic rings. The maximum absolute atomic E-state index is 6.14. The molecule has 2 bridgehead atoms. The highest BCUT2D eigenvalue weighted by Gasteiger charge is 2.47. The van der Waals surface area contributed by atoms with E-state index in [-0.39, 0.29) is 12.4 Å².